The molecule has 11 heteroatoms. The van der Waals surface area contributed by atoms with Gasteiger partial charge in [-0.05, 0) is 6.92 Å². The van der Waals surface area contributed by atoms with E-state index in [1.54, 1.807) is 6.20 Å². The second-order valence-corrected chi connectivity index (χ2v) is 6.43. The van der Waals surface area contributed by atoms with Crippen LogP contribution in [-0.4, -0.2) is 55.6 Å². The largest absolute Gasteiger partial charge is 0.394 e. The number of aromatic nitrogens is 2. The fraction of sp³-hybridized carbons (Fsp3) is 0.400. The molecule has 4 rings (SSSR count). The van der Waals surface area contributed by atoms with Gasteiger partial charge in [0.1, 0.15) is 29.4 Å². The highest BCUT2D eigenvalue weighted by Crippen LogP contribution is 2.45. The van der Waals surface area contributed by atoms with E-state index < -0.39 is 36.2 Å². The summed E-state index contributed by atoms with van der Waals surface area (Å²) in [6, 6.07) is 1.24. The molecule has 1 saturated heterocycles. The first-order chi connectivity index (χ1) is 12.4. The fourth-order valence-electron chi connectivity index (χ4n) is 3.43. The van der Waals surface area contributed by atoms with E-state index in [1.165, 1.54) is 23.9 Å². The van der Waals surface area contributed by atoms with Gasteiger partial charge >= 0.3 is 0 Å². The Kier molecular flexibility index (Phi) is 3.71. The number of hydrogen-bond acceptors (Lipinski definition) is 10. The first kappa shape index (κ1) is 16.9. The van der Waals surface area contributed by atoms with Gasteiger partial charge in [0.15, 0.2) is 6.23 Å². The van der Waals surface area contributed by atoms with E-state index in [9.17, 15) is 20.1 Å². The lowest BCUT2D eigenvalue weighted by Crippen LogP contribution is -2.44. The zero-order chi connectivity index (χ0) is 18.6. The van der Waals surface area contributed by atoms with Gasteiger partial charge in [0, 0.05) is 17.6 Å². The van der Waals surface area contributed by atoms with Gasteiger partial charge in [0.05, 0.1) is 24.0 Å². The summed E-state index contributed by atoms with van der Waals surface area (Å²) in [6.45, 7) is 0.961. The van der Waals surface area contributed by atoms with Crippen LogP contribution in [0.15, 0.2) is 22.1 Å². The third-order valence-corrected chi connectivity index (χ3v) is 4.75. The van der Waals surface area contributed by atoms with Gasteiger partial charge in [-0.2, -0.15) is 4.98 Å². The van der Waals surface area contributed by atoms with E-state index in [4.69, 9.17) is 10.6 Å². The van der Waals surface area contributed by atoms with Crippen LogP contribution >= 0.6 is 0 Å². The molecule has 11 nitrogen and oxygen atoms in total. The number of aliphatic hydroxyl groups excluding tert-OH is 2. The molecule has 2 aliphatic heterocycles. The average Bonchev–Trinajstić information content (AvgIpc) is 3.04. The SMILES string of the molecule is C[C@@]1(O)[C@H](O)[C@@H](CO)O[C@H]1n1cc2c(NN)cc(=O)nc3c2c1N=CN3. The smallest absolute Gasteiger partial charge is 0.273 e. The van der Waals surface area contributed by atoms with E-state index in [-0.39, 0.29) is 5.82 Å². The van der Waals surface area contributed by atoms with Crippen molar-refractivity contribution in [1.29, 1.82) is 0 Å². The Morgan fingerprint density at radius 2 is 2.31 bits per heavy atom. The number of anilines is 2. The summed E-state index contributed by atoms with van der Waals surface area (Å²) in [7, 11) is 0. The molecule has 4 atom stereocenters. The van der Waals surface area contributed by atoms with E-state index in [0.29, 0.717) is 22.3 Å². The van der Waals surface area contributed by atoms with E-state index in [0.717, 1.165) is 0 Å². The molecule has 4 heterocycles. The summed E-state index contributed by atoms with van der Waals surface area (Å²) in [5, 5.41) is 34.2. The van der Waals surface area contributed by atoms with E-state index in [2.05, 4.69) is 20.7 Å². The van der Waals surface area contributed by atoms with Crippen LogP contribution in [0.1, 0.15) is 13.2 Å². The Morgan fingerprint density at radius 1 is 1.54 bits per heavy atom. The molecule has 2 aromatic heterocycles. The molecule has 0 radical (unpaired) electrons. The zero-order valence-electron chi connectivity index (χ0n) is 13.7. The lowest BCUT2D eigenvalue weighted by molar-refractivity contribution is -0.0955. The Labute approximate surface area is 146 Å². The summed E-state index contributed by atoms with van der Waals surface area (Å²) >= 11 is 0. The van der Waals surface area contributed by atoms with Crippen molar-refractivity contribution in [3.8, 4) is 0 Å². The maximum Gasteiger partial charge on any atom is 0.273 e. The van der Waals surface area contributed by atoms with Crippen molar-refractivity contribution < 1.29 is 20.1 Å². The minimum Gasteiger partial charge on any atom is -0.394 e. The minimum absolute atomic E-state index is 0.284. The molecule has 0 aromatic carbocycles. The van der Waals surface area contributed by atoms with E-state index in [1.807, 2.05) is 0 Å². The zero-order valence-corrected chi connectivity index (χ0v) is 13.7. The van der Waals surface area contributed by atoms with Crippen LogP contribution in [0.3, 0.4) is 0 Å². The first-order valence-corrected chi connectivity index (χ1v) is 7.90. The fourth-order valence-corrected chi connectivity index (χ4v) is 3.43. The quantitative estimate of drug-likeness (QED) is 0.289. The molecule has 2 aliphatic rings. The predicted octanol–water partition coefficient (Wildman–Crippen LogP) is -1.23. The molecule has 2 aromatic rings. The van der Waals surface area contributed by atoms with Crippen molar-refractivity contribution in [2.24, 2.45) is 10.8 Å². The van der Waals surface area contributed by atoms with Crippen molar-refractivity contribution in [2.75, 3.05) is 17.3 Å². The molecule has 0 amide bonds. The van der Waals surface area contributed by atoms with Gasteiger partial charge in [-0.1, -0.05) is 0 Å². The Balaban J connectivity index is 1.99. The third kappa shape index (κ3) is 2.22. The van der Waals surface area contributed by atoms with Gasteiger partial charge in [-0.15, -0.1) is 0 Å². The highest BCUT2D eigenvalue weighted by atomic mass is 16.6. The number of aliphatic imine (C=N–C) groups is 1. The maximum atomic E-state index is 11.9. The molecular weight excluding hydrogens is 344 g/mol. The molecule has 1 fully saturated rings. The van der Waals surface area contributed by atoms with E-state index >= 15 is 0 Å². The molecule has 138 valence electrons. The number of hydrogen-bond donors (Lipinski definition) is 6. The van der Waals surface area contributed by atoms with Crippen LogP contribution in [0, 0.1) is 0 Å². The summed E-state index contributed by atoms with van der Waals surface area (Å²) in [6.07, 6.45) is -0.315. The number of nitrogens with two attached hydrogens (primary N) is 1. The summed E-state index contributed by atoms with van der Waals surface area (Å²) in [5.74, 6) is 6.19. The average molecular weight is 362 g/mol. The number of nitrogens with zero attached hydrogens (tertiary/aromatic N) is 3. The minimum atomic E-state index is -1.69. The number of ether oxygens (including phenoxy) is 1. The lowest BCUT2D eigenvalue weighted by atomic mass is 9.96. The van der Waals surface area contributed by atoms with Gasteiger partial charge in [0.2, 0.25) is 0 Å². The van der Waals surface area contributed by atoms with Crippen molar-refractivity contribution in [3.05, 3.63) is 22.6 Å². The van der Waals surface area contributed by atoms with Gasteiger partial charge < -0.3 is 35.4 Å². The monoisotopic (exact) mass is 362 g/mol. The number of rotatable bonds is 3. The molecule has 7 N–H and O–H groups in total. The molecule has 26 heavy (non-hydrogen) atoms. The second-order valence-electron chi connectivity index (χ2n) is 6.43. The Morgan fingerprint density at radius 3 is 2.96 bits per heavy atom. The summed E-state index contributed by atoms with van der Waals surface area (Å²) in [5.41, 5.74) is 0.599. The van der Waals surface area contributed by atoms with Crippen LogP contribution in [-0.2, 0) is 4.74 Å². The highest BCUT2D eigenvalue weighted by Gasteiger charge is 2.53. The van der Waals surface area contributed by atoms with Gasteiger partial charge in [0.25, 0.3) is 5.56 Å². The van der Waals surface area contributed by atoms with Crippen molar-refractivity contribution >= 4 is 34.4 Å². The second kappa shape index (κ2) is 5.72. The lowest BCUT2D eigenvalue weighted by Gasteiger charge is -2.28. The van der Waals surface area contributed by atoms with Crippen LogP contribution in [0.4, 0.5) is 17.3 Å². The molecular formula is C15H18N6O5. The van der Waals surface area contributed by atoms with Gasteiger partial charge in [-0.25, -0.2) is 4.99 Å². The van der Waals surface area contributed by atoms with Crippen LogP contribution in [0.2, 0.25) is 0 Å². The summed E-state index contributed by atoms with van der Waals surface area (Å²) < 4.78 is 7.19. The number of aliphatic hydroxyl groups is 3. The predicted molar refractivity (Wildman–Crippen MR) is 93.2 cm³/mol. The third-order valence-electron chi connectivity index (χ3n) is 4.75. The molecule has 0 aliphatic carbocycles. The van der Waals surface area contributed by atoms with Gasteiger partial charge in [-0.3, -0.25) is 10.6 Å². The molecule has 0 spiro atoms. The number of nitrogen functional groups attached to an aromatic ring is 1. The van der Waals surface area contributed by atoms with Crippen molar-refractivity contribution in [3.63, 3.8) is 0 Å². The first-order valence-electron chi connectivity index (χ1n) is 7.90. The van der Waals surface area contributed by atoms with Crippen molar-refractivity contribution in [1.82, 2.24) is 9.55 Å². The van der Waals surface area contributed by atoms with Crippen LogP contribution in [0.5, 0.6) is 0 Å². The Hall–Kier alpha value is -2.57. The maximum absolute atomic E-state index is 11.9. The number of hydrazine groups is 1. The topological polar surface area (TPSA) is 167 Å². The van der Waals surface area contributed by atoms with Crippen LogP contribution < -0.4 is 22.1 Å². The standard InChI is InChI=1S/C15H18N6O5/c1-15(25)11(24)8(4-22)26-14(15)21-3-6-7(20-16)2-9(23)19-12-10(6)13(21)18-5-17-12/h2-3,5,8,11,14,20,22,24-25H,4,16H2,1H3,(H,17,18,19,23)/t8-,11-,14-,15-/m1/s1. The van der Waals surface area contributed by atoms with Crippen molar-refractivity contribution in [2.45, 2.75) is 31.0 Å². The molecule has 0 unspecified atom stereocenters. The molecule has 0 bridgehead atoms. The van der Waals surface area contributed by atoms with Crippen LogP contribution in [0.25, 0.3) is 10.8 Å². The normalized spacial score (nSPS) is 29.8. The molecule has 0 saturated carbocycles. The highest BCUT2D eigenvalue weighted by molar-refractivity contribution is 6.10. The number of nitrogens with one attached hydrogen (secondary N) is 2. The Bertz CT molecular complexity index is 971. The summed E-state index contributed by atoms with van der Waals surface area (Å²) in [4.78, 5) is 20.2.